The Labute approximate surface area is 190 Å². The number of hydrogen-bond acceptors (Lipinski definition) is 6. The molecule has 0 amide bonds. The van der Waals surface area contributed by atoms with Crippen molar-refractivity contribution in [2.75, 3.05) is 9.44 Å². The molecular formula is C22H21N3O6S2. The normalized spacial score (nSPS) is 12.1. The summed E-state index contributed by atoms with van der Waals surface area (Å²) in [6.45, 7) is 3.46. The number of nitrogens with one attached hydrogen (secondary N) is 2. The lowest BCUT2D eigenvalue weighted by Gasteiger charge is -2.14. The quantitative estimate of drug-likeness (QED) is 0.429. The first-order valence-electron chi connectivity index (χ1n) is 9.79. The number of benzene rings is 3. The zero-order valence-electron chi connectivity index (χ0n) is 18.0. The molecule has 4 aromatic rings. The number of fused-ring (bicyclic) bond motifs is 1. The van der Waals surface area contributed by atoms with Gasteiger partial charge in [0.1, 0.15) is 0 Å². The molecule has 9 nitrogen and oxygen atoms in total. The molecule has 1 heterocycles. The van der Waals surface area contributed by atoms with Crippen LogP contribution in [0.1, 0.15) is 11.1 Å². The molecule has 0 aliphatic heterocycles. The summed E-state index contributed by atoms with van der Waals surface area (Å²) < 4.78 is 63.0. The molecule has 0 atom stereocenters. The number of aromatic nitrogens is 1. The van der Waals surface area contributed by atoms with Gasteiger partial charge in [-0.05, 0) is 61.4 Å². The molecule has 4 rings (SSSR count). The van der Waals surface area contributed by atoms with E-state index in [9.17, 15) is 21.6 Å². The van der Waals surface area contributed by atoms with Crippen LogP contribution >= 0.6 is 0 Å². The second kappa shape index (κ2) is 8.09. The van der Waals surface area contributed by atoms with E-state index in [0.717, 1.165) is 5.56 Å². The molecule has 1 aromatic heterocycles. The van der Waals surface area contributed by atoms with Crippen molar-refractivity contribution >= 4 is 42.5 Å². The highest BCUT2D eigenvalue weighted by molar-refractivity contribution is 7.93. The molecule has 33 heavy (non-hydrogen) atoms. The summed E-state index contributed by atoms with van der Waals surface area (Å²) in [4.78, 5) is 11.5. The Hall–Kier alpha value is -3.57. The van der Waals surface area contributed by atoms with Crippen LogP contribution in [0.3, 0.4) is 0 Å². The first-order chi connectivity index (χ1) is 15.5. The Balaban J connectivity index is 1.66. The maximum Gasteiger partial charge on any atom is 0.419 e. The third-order valence-corrected chi connectivity index (χ3v) is 7.98. The van der Waals surface area contributed by atoms with Crippen LogP contribution in [0, 0.1) is 13.8 Å². The summed E-state index contributed by atoms with van der Waals surface area (Å²) in [7, 11) is -6.54. The van der Waals surface area contributed by atoms with Gasteiger partial charge in [-0.3, -0.25) is 14.0 Å². The minimum atomic E-state index is -4.08. The molecule has 0 fully saturated rings. The van der Waals surface area contributed by atoms with E-state index in [1.807, 2.05) is 13.0 Å². The van der Waals surface area contributed by atoms with Gasteiger partial charge in [-0.2, -0.15) is 0 Å². The van der Waals surface area contributed by atoms with Crippen molar-refractivity contribution < 1.29 is 21.3 Å². The van der Waals surface area contributed by atoms with Crippen LogP contribution in [0.2, 0.25) is 0 Å². The number of oxazole rings is 1. The van der Waals surface area contributed by atoms with Gasteiger partial charge >= 0.3 is 5.76 Å². The van der Waals surface area contributed by atoms with E-state index in [1.54, 1.807) is 25.1 Å². The third-order valence-electron chi connectivity index (χ3n) is 5.07. The molecule has 0 saturated carbocycles. The Morgan fingerprint density at radius 3 is 2.24 bits per heavy atom. The molecule has 0 saturated heterocycles. The van der Waals surface area contributed by atoms with Crippen molar-refractivity contribution in [2.24, 2.45) is 7.05 Å². The monoisotopic (exact) mass is 487 g/mol. The molecule has 0 aliphatic rings. The first-order valence-corrected chi connectivity index (χ1v) is 12.8. The van der Waals surface area contributed by atoms with E-state index >= 15 is 0 Å². The Bertz CT molecular complexity index is 1650. The predicted molar refractivity (Wildman–Crippen MR) is 125 cm³/mol. The number of anilines is 2. The Kier molecular flexibility index (Phi) is 5.54. The summed E-state index contributed by atoms with van der Waals surface area (Å²) >= 11 is 0. The SMILES string of the molecule is Cc1cccc(NS(=O)(=O)c2cc(NS(=O)(=O)c3ccc4c(c3)oc(=O)n4C)ccc2C)c1. The number of aryl methyl sites for hydroxylation is 3. The number of hydrogen-bond donors (Lipinski definition) is 2. The van der Waals surface area contributed by atoms with Gasteiger partial charge < -0.3 is 4.42 Å². The molecule has 172 valence electrons. The Morgan fingerprint density at radius 1 is 0.818 bits per heavy atom. The van der Waals surface area contributed by atoms with Gasteiger partial charge in [0.2, 0.25) is 0 Å². The average molecular weight is 488 g/mol. The van der Waals surface area contributed by atoms with E-state index in [2.05, 4.69) is 9.44 Å². The second-order valence-corrected chi connectivity index (χ2v) is 11.0. The lowest BCUT2D eigenvalue weighted by molar-refractivity contribution is 0.527. The smallest absolute Gasteiger partial charge is 0.408 e. The van der Waals surface area contributed by atoms with Crippen molar-refractivity contribution in [3.8, 4) is 0 Å². The molecule has 0 radical (unpaired) electrons. The second-order valence-electron chi connectivity index (χ2n) is 7.62. The molecule has 11 heteroatoms. The fraction of sp³-hybridized carbons (Fsp3) is 0.136. The fourth-order valence-corrected chi connectivity index (χ4v) is 5.75. The van der Waals surface area contributed by atoms with Gasteiger partial charge in [-0.15, -0.1) is 0 Å². The van der Waals surface area contributed by atoms with Crippen molar-refractivity contribution in [2.45, 2.75) is 23.6 Å². The number of nitrogens with zero attached hydrogens (tertiary/aromatic N) is 1. The van der Waals surface area contributed by atoms with Crippen LogP contribution in [-0.2, 0) is 27.1 Å². The maximum absolute atomic E-state index is 13.0. The van der Waals surface area contributed by atoms with Crippen molar-refractivity contribution in [3.05, 3.63) is 82.3 Å². The minimum Gasteiger partial charge on any atom is -0.408 e. The molecule has 2 N–H and O–H groups in total. The van der Waals surface area contributed by atoms with Crippen molar-refractivity contribution in [3.63, 3.8) is 0 Å². The van der Waals surface area contributed by atoms with E-state index < -0.39 is 25.8 Å². The van der Waals surface area contributed by atoms with Gasteiger partial charge in [0, 0.05) is 18.8 Å². The number of rotatable bonds is 6. The van der Waals surface area contributed by atoms with Crippen LogP contribution in [0.25, 0.3) is 11.1 Å². The van der Waals surface area contributed by atoms with Gasteiger partial charge in [-0.1, -0.05) is 18.2 Å². The molecule has 0 aliphatic carbocycles. The van der Waals surface area contributed by atoms with Gasteiger partial charge in [0.05, 0.1) is 21.0 Å². The van der Waals surface area contributed by atoms with Gasteiger partial charge in [0.15, 0.2) is 5.58 Å². The molecule has 0 bridgehead atoms. The predicted octanol–water partition coefficient (Wildman–Crippen LogP) is 3.35. The summed E-state index contributed by atoms with van der Waals surface area (Å²) in [5.41, 5.74) is 2.38. The van der Waals surface area contributed by atoms with E-state index in [-0.39, 0.29) is 21.1 Å². The summed E-state index contributed by atoms with van der Waals surface area (Å²) in [6, 6.07) is 15.2. The topological polar surface area (TPSA) is 127 Å². The molecule has 0 unspecified atom stereocenters. The highest BCUT2D eigenvalue weighted by atomic mass is 32.2. The zero-order chi connectivity index (χ0) is 24.0. The summed E-state index contributed by atoms with van der Waals surface area (Å²) in [6.07, 6.45) is 0. The van der Waals surface area contributed by atoms with Crippen LogP contribution in [0.4, 0.5) is 11.4 Å². The molecule has 3 aromatic carbocycles. The fourth-order valence-electron chi connectivity index (χ4n) is 3.37. The standard InChI is InChI=1S/C22H21N3O6S2/c1-14-5-4-6-16(11-14)24-33(29,30)21-12-17(8-7-15(21)2)23-32(27,28)18-9-10-19-20(13-18)31-22(26)25(19)3/h4-13,23-24H,1-3H3. The largest absolute Gasteiger partial charge is 0.419 e. The first kappa shape index (κ1) is 22.6. The minimum absolute atomic E-state index is 0.0614. The molecular weight excluding hydrogens is 466 g/mol. The zero-order valence-corrected chi connectivity index (χ0v) is 19.6. The lowest BCUT2D eigenvalue weighted by atomic mass is 10.2. The van der Waals surface area contributed by atoms with Crippen molar-refractivity contribution in [1.82, 2.24) is 4.57 Å². The van der Waals surface area contributed by atoms with E-state index in [1.165, 1.54) is 48.0 Å². The maximum atomic E-state index is 13.0. The van der Waals surface area contributed by atoms with Crippen LogP contribution < -0.4 is 15.2 Å². The molecule has 0 spiro atoms. The van der Waals surface area contributed by atoms with E-state index in [4.69, 9.17) is 4.42 Å². The van der Waals surface area contributed by atoms with E-state index in [0.29, 0.717) is 16.8 Å². The Morgan fingerprint density at radius 2 is 1.52 bits per heavy atom. The highest BCUT2D eigenvalue weighted by Gasteiger charge is 2.21. The summed E-state index contributed by atoms with van der Waals surface area (Å²) in [5, 5.41) is 0. The average Bonchev–Trinajstić information content (AvgIpc) is 3.02. The van der Waals surface area contributed by atoms with Gasteiger partial charge in [0.25, 0.3) is 20.0 Å². The van der Waals surface area contributed by atoms with Crippen molar-refractivity contribution in [1.29, 1.82) is 0 Å². The lowest BCUT2D eigenvalue weighted by Crippen LogP contribution is -2.16. The highest BCUT2D eigenvalue weighted by Crippen LogP contribution is 2.26. The third kappa shape index (κ3) is 4.50. The van der Waals surface area contributed by atoms with Crippen LogP contribution in [-0.4, -0.2) is 21.4 Å². The number of sulfonamides is 2. The van der Waals surface area contributed by atoms with Crippen LogP contribution in [0.5, 0.6) is 0 Å². The summed E-state index contributed by atoms with van der Waals surface area (Å²) in [5.74, 6) is -0.609. The van der Waals surface area contributed by atoms with Crippen LogP contribution in [0.15, 0.2) is 79.7 Å². The van der Waals surface area contributed by atoms with Gasteiger partial charge in [-0.25, -0.2) is 21.6 Å².